The number of rotatable bonds is 14. The topological polar surface area (TPSA) is 136 Å². The molecule has 11 nitrogen and oxygen atoms in total. The first kappa shape index (κ1) is 31.9. The Morgan fingerprint density at radius 3 is 1.90 bits per heavy atom. The van der Waals surface area contributed by atoms with Crippen molar-refractivity contribution in [2.24, 2.45) is 28.6 Å². The molecular formula is C26H42F2O11S. The fourth-order valence-electron chi connectivity index (χ4n) is 7.00. The van der Waals surface area contributed by atoms with E-state index in [1.54, 1.807) is 0 Å². The summed E-state index contributed by atoms with van der Waals surface area (Å²) in [6, 6.07) is 0. The van der Waals surface area contributed by atoms with Crippen LogP contribution >= 0.6 is 0 Å². The molecule has 0 aromatic rings. The Kier molecular flexibility index (Phi) is 9.53. The van der Waals surface area contributed by atoms with E-state index < -0.39 is 57.1 Å². The van der Waals surface area contributed by atoms with Crippen molar-refractivity contribution < 1.29 is 59.7 Å². The van der Waals surface area contributed by atoms with Crippen molar-refractivity contribution in [1.82, 2.24) is 0 Å². The lowest BCUT2D eigenvalue weighted by molar-refractivity contribution is -0.395. The summed E-state index contributed by atoms with van der Waals surface area (Å²) < 4.78 is 99.0. The summed E-state index contributed by atoms with van der Waals surface area (Å²) in [5.41, 5.74) is -1.65. The maximum atomic E-state index is 13.7. The van der Waals surface area contributed by atoms with Crippen LogP contribution in [-0.2, 0) is 48.1 Å². The lowest BCUT2D eigenvalue weighted by Crippen LogP contribution is -2.68. The highest BCUT2D eigenvalue weighted by Gasteiger charge is 2.68. The van der Waals surface area contributed by atoms with Crippen LogP contribution in [0.5, 0.6) is 0 Å². The Balaban J connectivity index is 1.44. The average Bonchev–Trinajstić information content (AvgIpc) is 2.88. The van der Waals surface area contributed by atoms with E-state index in [9.17, 15) is 22.0 Å². The largest absolute Gasteiger partial charge is 0.458 e. The zero-order valence-corrected chi connectivity index (χ0v) is 24.4. The van der Waals surface area contributed by atoms with Crippen LogP contribution in [0.25, 0.3) is 0 Å². The summed E-state index contributed by atoms with van der Waals surface area (Å²) in [6.45, 7) is 7.76. The van der Waals surface area contributed by atoms with Gasteiger partial charge in [0.2, 0.25) is 0 Å². The molecule has 232 valence electrons. The van der Waals surface area contributed by atoms with Crippen LogP contribution in [0, 0.1) is 28.6 Å². The summed E-state index contributed by atoms with van der Waals surface area (Å²) in [5.74, 6) is -1.97. The Morgan fingerprint density at radius 2 is 1.45 bits per heavy atom. The fraction of sp³-hybridized carbons (Fsp3) is 0.962. The van der Waals surface area contributed by atoms with Crippen molar-refractivity contribution >= 4 is 16.1 Å². The van der Waals surface area contributed by atoms with Crippen LogP contribution in [0.15, 0.2) is 0 Å². The number of esters is 1. The molecule has 4 aliphatic carbocycles. The highest BCUT2D eigenvalue weighted by atomic mass is 32.2. The number of carbonyl (C=O) groups excluding carboxylic acids is 1. The molecule has 5 rings (SSSR count). The lowest BCUT2D eigenvalue weighted by atomic mass is 9.47. The fourth-order valence-corrected chi connectivity index (χ4v) is 7.21. The Morgan fingerprint density at radius 1 is 0.950 bits per heavy atom. The molecule has 0 radical (unpaired) electrons. The summed E-state index contributed by atoms with van der Waals surface area (Å²) >= 11 is 0. The molecule has 5 fully saturated rings. The van der Waals surface area contributed by atoms with Crippen molar-refractivity contribution in [3.63, 3.8) is 0 Å². The van der Waals surface area contributed by atoms with Gasteiger partial charge in [0, 0.05) is 25.0 Å². The van der Waals surface area contributed by atoms with Crippen LogP contribution in [0.2, 0.25) is 0 Å². The van der Waals surface area contributed by atoms with Crippen LogP contribution in [0.3, 0.4) is 0 Å². The van der Waals surface area contributed by atoms with Gasteiger partial charge in [-0.05, 0) is 65.7 Å². The number of halogens is 2. The molecule has 1 saturated heterocycles. The first-order valence-corrected chi connectivity index (χ1v) is 15.4. The van der Waals surface area contributed by atoms with E-state index in [4.69, 9.17) is 37.7 Å². The highest BCUT2D eigenvalue weighted by molar-refractivity contribution is 7.86. The predicted octanol–water partition coefficient (Wildman–Crippen LogP) is 3.36. The van der Waals surface area contributed by atoms with Gasteiger partial charge in [0.25, 0.3) is 0 Å². The molecule has 1 spiro atoms. The third kappa shape index (κ3) is 6.34. The molecule has 4 saturated carbocycles. The number of hydrogen-bond donors (Lipinski definition) is 1. The van der Waals surface area contributed by atoms with Gasteiger partial charge in [-0.2, -0.15) is 17.2 Å². The molecule has 0 amide bonds. The van der Waals surface area contributed by atoms with E-state index in [1.165, 1.54) is 0 Å². The minimum Gasteiger partial charge on any atom is -0.458 e. The molecule has 5 aliphatic rings. The van der Waals surface area contributed by atoms with Crippen molar-refractivity contribution in [2.45, 2.75) is 83.4 Å². The second-order valence-electron chi connectivity index (χ2n) is 11.8. The van der Waals surface area contributed by atoms with Gasteiger partial charge in [0.1, 0.15) is 0 Å². The van der Waals surface area contributed by atoms with Crippen molar-refractivity contribution in [3.8, 4) is 0 Å². The average molecular weight is 601 g/mol. The smallest absolute Gasteiger partial charge is 0.402 e. The minimum atomic E-state index is -5.70. The van der Waals surface area contributed by atoms with Crippen molar-refractivity contribution in [2.75, 3.05) is 46.2 Å². The van der Waals surface area contributed by atoms with Gasteiger partial charge in [-0.3, -0.25) is 9.35 Å². The Bertz CT molecular complexity index is 963. The molecule has 14 heteroatoms. The minimum absolute atomic E-state index is 0.169. The van der Waals surface area contributed by atoms with E-state index in [2.05, 4.69) is 0 Å². The van der Waals surface area contributed by atoms with Gasteiger partial charge in [-0.15, -0.1) is 0 Å². The van der Waals surface area contributed by atoms with Crippen molar-refractivity contribution in [3.05, 3.63) is 0 Å². The third-order valence-corrected chi connectivity index (χ3v) is 9.64. The highest BCUT2D eigenvalue weighted by Crippen LogP contribution is 2.66. The molecule has 4 bridgehead atoms. The number of ether oxygens (including phenoxy) is 7. The molecule has 1 aliphatic heterocycles. The van der Waals surface area contributed by atoms with Gasteiger partial charge in [-0.25, -0.2) is 0 Å². The normalized spacial score (nSPS) is 37.0. The van der Waals surface area contributed by atoms with E-state index in [0.29, 0.717) is 32.5 Å². The van der Waals surface area contributed by atoms with Crippen LogP contribution < -0.4 is 0 Å². The van der Waals surface area contributed by atoms with E-state index in [-0.39, 0.29) is 44.2 Å². The predicted molar refractivity (Wildman–Crippen MR) is 135 cm³/mol. The van der Waals surface area contributed by atoms with Crippen molar-refractivity contribution in [1.29, 1.82) is 0 Å². The standard InChI is InChI=1S/C26H42F2O11S/c1-5-33-17(3)35-12-23(13-36-18(4)34-6-2)14-38-26(39-15-23)20-7-19-8-21(26)11-24(9-19,10-20)22(29)37-16-25(27,28)40(30,31)32/h17-21H,5-16H2,1-4H3,(H,30,31,32). The maximum Gasteiger partial charge on any atom is 0.402 e. The number of carbonyl (C=O) groups is 1. The molecule has 0 aromatic carbocycles. The quantitative estimate of drug-likeness (QED) is 0.179. The molecule has 1 N–H and O–H groups in total. The van der Waals surface area contributed by atoms with Crippen LogP contribution in [-0.4, -0.2) is 88.8 Å². The Hall–Kier alpha value is -1.00. The molecule has 40 heavy (non-hydrogen) atoms. The molecular weight excluding hydrogens is 558 g/mol. The van der Waals surface area contributed by atoms with Crippen LogP contribution in [0.1, 0.15) is 59.8 Å². The van der Waals surface area contributed by atoms with E-state index >= 15 is 0 Å². The summed E-state index contributed by atoms with van der Waals surface area (Å²) in [5, 5.41) is -4.57. The SMILES string of the molecule is CCOC(C)OCC1(COC(C)OCC)COC2(OC1)C1CC3CC2CC(C(=O)OCC(F)(F)S(=O)(=O)O)(C3)C1. The number of hydrogen-bond acceptors (Lipinski definition) is 10. The monoisotopic (exact) mass is 600 g/mol. The third-order valence-electron chi connectivity index (χ3n) is 8.77. The van der Waals surface area contributed by atoms with E-state index in [0.717, 1.165) is 12.8 Å². The van der Waals surface area contributed by atoms with Gasteiger partial charge < -0.3 is 33.2 Å². The maximum absolute atomic E-state index is 13.7. The Labute approximate surface area is 234 Å². The molecule has 0 aromatic heterocycles. The zero-order valence-electron chi connectivity index (χ0n) is 23.6. The summed E-state index contributed by atoms with van der Waals surface area (Å²) in [7, 11) is -5.70. The lowest BCUT2D eigenvalue weighted by Gasteiger charge is -2.65. The first-order valence-electron chi connectivity index (χ1n) is 14.0. The summed E-state index contributed by atoms with van der Waals surface area (Å²) in [6.07, 6.45) is 1.77. The summed E-state index contributed by atoms with van der Waals surface area (Å²) in [4.78, 5) is 13.1. The molecule has 4 unspecified atom stereocenters. The second-order valence-corrected chi connectivity index (χ2v) is 13.3. The first-order chi connectivity index (χ1) is 18.7. The zero-order chi connectivity index (χ0) is 29.4. The second kappa shape index (κ2) is 11.9. The molecule has 4 atom stereocenters. The number of alkyl halides is 2. The molecule has 1 heterocycles. The van der Waals surface area contributed by atoms with Gasteiger partial charge in [0.05, 0.1) is 37.3 Å². The van der Waals surface area contributed by atoms with Gasteiger partial charge >= 0.3 is 21.3 Å². The van der Waals surface area contributed by atoms with Gasteiger partial charge in [0.15, 0.2) is 25.0 Å². The van der Waals surface area contributed by atoms with Crippen LogP contribution in [0.4, 0.5) is 8.78 Å². The van der Waals surface area contributed by atoms with E-state index in [1.807, 2.05) is 27.7 Å². The van der Waals surface area contributed by atoms with Gasteiger partial charge in [-0.1, -0.05) is 0 Å².